The van der Waals surface area contributed by atoms with Crippen molar-refractivity contribution in [3.05, 3.63) is 34.2 Å². The molecule has 0 aliphatic carbocycles. The first-order chi connectivity index (χ1) is 9.99. The number of ether oxygens (including phenoxy) is 1. The van der Waals surface area contributed by atoms with Gasteiger partial charge >= 0.3 is 0 Å². The van der Waals surface area contributed by atoms with Crippen LogP contribution in [-0.2, 0) is 11.8 Å². The molecule has 21 heavy (non-hydrogen) atoms. The monoisotopic (exact) mass is 292 g/mol. The van der Waals surface area contributed by atoms with Gasteiger partial charge in [0.2, 0.25) is 0 Å². The van der Waals surface area contributed by atoms with Crippen molar-refractivity contribution in [1.29, 1.82) is 0 Å². The number of rotatable bonds is 4. The summed E-state index contributed by atoms with van der Waals surface area (Å²) in [5.41, 5.74) is -0.0824. The van der Waals surface area contributed by atoms with Crippen LogP contribution in [0.25, 0.3) is 0 Å². The second-order valence-electron chi connectivity index (χ2n) is 6.10. The smallest absolute Gasteiger partial charge is 0.263 e. The Morgan fingerprint density at radius 3 is 3.00 bits per heavy atom. The highest BCUT2D eigenvalue weighted by Crippen LogP contribution is 2.20. The molecule has 116 valence electrons. The van der Waals surface area contributed by atoms with Crippen LogP contribution in [0.3, 0.4) is 0 Å². The molecular formula is C16H24N2O3. The number of pyridine rings is 1. The van der Waals surface area contributed by atoms with Gasteiger partial charge in [-0.1, -0.05) is 13.8 Å². The van der Waals surface area contributed by atoms with Gasteiger partial charge in [0.25, 0.3) is 11.5 Å². The SMILES string of the molecule is CC(C)CC1OCCCC1NC(=O)c1cccn(C)c1=O. The van der Waals surface area contributed by atoms with Crippen molar-refractivity contribution in [1.82, 2.24) is 9.88 Å². The molecular weight excluding hydrogens is 268 g/mol. The van der Waals surface area contributed by atoms with Crippen molar-refractivity contribution in [2.24, 2.45) is 13.0 Å². The number of hydrogen-bond donors (Lipinski definition) is 1. The summed E-state index contributed by atoms with van der Waals surface area (Å²) >= 11 is 0. The van der Waals surface area contributed by atoms with E-state index in [2.05, 4.69) is 19.2 Å². The number of nitrogens with zero attached hydrogens (tertiary/aromatic N) is 1. The molecule has 1 aliphatic rings. The zero-order chi connectivity index (χ0) is 15.4. The summed E-state index contributed by atoms with van der Waals surface area (Å²) in [7, 11) is 1.64. The van der Waals surface area contributed by atoms with Gasteiger partial charge in [-0.05, 0) is 37.3 Å². The van der Waals surface area contributed by atoms with Crippen molar-refractivity contribution in [3.8, 4) is 0 Å². The van der Waals surface area contributed by atoms with E-state index in [0.717, 1.165) is 25.9 Å². The molecule has 5 heteroatoms. The molecule has 1 N–H and O–H groups in total. The Morgan fingerprint density at radius 1 is 1.52 bits per heavy atom. The van der Waals surface area contributed by atoms with Crippen molar-refractivity contribution in [2.75, 3.05) is 6.61 Å². The quantitative estimate of drug-likeness (QED) is 0.919. The van der Waals surface area contributed by atoms with Gasteiger partial charge in [-0.25, -0.2) is 0 Å². The number of amides is 1. The second-order valence-corrected chi connectivity index (χ2v) is 6.10. The molecule has 2 rings (SSSR count). The minimum Gasteiger partial charge on any atom is -0.376 e. The van der Waals surface area contributed by atoms with Crippen LogP contribution in [0.4, 0.5) is 0 Å². The fourth-order valence-electron chi connectivity index (χ4n) is 2.72. The van der Waals surface area contributed by atoms with Gasteiger partial charge < -0.3 is 14.6 Å². The van der Waals surface area contributed by atoms with Gasteiger partial charge in [0.05, 0.1) is 12.1 Å². The normalized spacial score (nSPS) is 22.3. The highest BCUT2D eigenvalue weighted by atomic mass is 16.5. The number of nitrogens with one attached hydrogen (secondary N) is 1. The average molecular weight is 292 g/mol. The first-order valence-corrected chi connectivity index (χ1v) is 7.57. The number of aromatic nitrogens is 1. The van der Waals surface area contributed by atoms with E-state index < -0.39 is 0 Å². The molecule has 1 amide bonds. The average Bonchev–Trinajstić information content (AvgIpc) is 2.43. The maximum atomic E-state index is 12.3. The Hall–Kier alpha value is -1.62. The lowest BCUT2D eigenvalue weighted by Gasteiger charge is -2.33. The molecule has 0 spiro atoms. The number of carbonyl (C=O) groups is 1. The molecule has 2 atom stereocenters. The summed E-state index contributed by atoms with van der Waals surface area (Å²) in [6.07, 6.45) is 4.43. The lowest BCUT2D eigenvalue weighted by atomic mass is 9.94. The Morgan fingerprint density at radius 2 is 2.29 bits per heavy atom. The van der Waals surface area contributed by atoms with E-state index >= 15 is 0 Å². The third kappa shape index (κ3) is 3.94. The van der Waals surface area contributed by atoms with E-state index in [1.54, 1.807) is 25.4 Å². The van der Waals surface area contributed by atoms with E-state index in [0.29, 0.717) is 5.92 Å². The van der Waals surface area contributed by atoms with Crippen LogP contribution in [0.2, 0.25) is 0 Å². The highest BCUT2D eigenvalue weighted by molar-refractivity contribution is 5.94. The molecule has 1 aliphatic heterocycles. The van der Waals surface area contributed by atoms with E-state index in [9.17, 15) is 9.59 Å². The second kappa shape index (κ2) is 6.89. The summed E-state index contributed by atoms with van der Waals surface area (Å²) < 4.78 is 7.21. The number of carbonyl (C=O) groups excluding carboxylic acids is 1. The predicted molar refractivity (Wildman–Crippen MR) is 81.4 cm³/mol. The van der Waals surface area contributed by atoms with E-state index in [1.165, 1.54) is 4.57 Å². The summed E-state index contributed by atoms with van der Waals surface area (Å²) in [5, 5.41) is 2.98. The molecule has 1 saturated heterocycles. The molecule has 0 aromatic carbocycles. The lowest BCUT2D eigenvalue weighted by Crippen LogP contribution is -2.48. The van der Waals surface area contributed by atoms with E-state index in [1.807, 2.05) is 0 Å². The van der Waals surface area contributed by atoms with Gasteiger partial charge in [-0.15, -0.1) is 0 Å². The number of hydrogen-bond acceptors (Lipinski definition) is 3. The van der Waals surface area contributed by atoms with E-state index in [4.69, 9.17) is 4.74 Å². The van der Waals surface area contributed by atoms with Crippen LogP contribution < -0.4 is 10.9 Å². The van der Waals surface area contributed by atoms with E-state index in [-0.39, 0.29) is 29.2 Å². The van der Waals surface area contributed by atoms with Crippen LogP contribution in [0.5, 0.6) is 0 Å². The van der Waals surface area contributed by atoms with Crippen LogP contribution >= 0.6 is 0 Å². The first kappa shape index (κ1) is 15.8. The molecule has 1 fully saturated rings. The standard InChI is InChI=1S/C16H24N2O3/c1-11(2)10-14-13(7-5-9-21-14)17-15(19)12-6-4-8-18(3)16(12)20/h4,6,8,11,13-14H,5,7,9-10H2,1-3H3,(H,17,19). The van der Waals surface area contributed by atoms with Crippen molar-refractivity contribution in [2.45, 2.75) is 45.3 Å². The highest BCUT2D eigenvalue weighted by Gasteiger charge is 2.28. The largest absolute Gasteiger partial charge is 0.376 e. The van der Waals surface area contributed by atoms with Crippen molar-refractivity contribution < 1.29 is 9.53 Å². The molecule has 2 heterocycles. The molecule has 0 saturated carbocycles. The Bertz CT molecular complexity index is 551. The van der Waals surface area contributed by atoms with Crippen LogP contribution in [-0.4, -0.2) is 29.2 Å². The fraction of sp³-hybridized carbons (Fsp3) is 0.625. The minimum atomic E-state index is -0.305. The van der Waals surface area contributed by atoms with Gasteiger partial charge in [0.1, 0.15) is 5.56 Å². The zero-order valence-electron chi connectivity index (χ0n) is 13.0. The van der Waals surface area contributed by atoms with Gasteiger partial charge in [0.15, 0.2) is 0 Å². The van der Waals surface area contributed by atoms with Crippen LogP contribution in [0, 0.1) is 5.92 Å². The van der Waals surface area contributed by atoms with Gasteiger partial charge in [0, 0.05) is 19.9 Å². The first-order valence-electron chi connectivity index (χ1n) is 7.57. The Balaban J connectivity index is 2.09. The third-order valence-electron chi connectivity index (χ3n) is 3.83. The molecule has 5 nitrogen and oxygen atoms in total. The minimum absolute atomic E-state index is 0.0152. The summed E-state index contributed by atoms with van der Waals surface area (Å²) in [6, 6.07) is 3.26. The third-order valence-corrected chi connectivity index (χ3v) is 3.83. The van der Waals surface area contributed by atoms with Crippen molar-refractivity contribution >= 4 is 5.91 Å². The fourth-order valence-corrected chi connectivity index (χ4v) is 2.72. The molecule has 0 bridgehead atoms. The summed E-state index contributed by atoms with van der Waals surface area (Å²) in [6.45, 7) is 5.03. The summed E-state index contributed by atoms with van der Waals surface area (Å²) in [4.78, 5) is 24.3. The molecule has 1 aromatic heterocycles. The predicted octanol–water partition coefficient (Wildman–Crippen LogP) is 1.71. The van der Waals surface area contributed by atoms with Crippen molar-refractivity contribution in [3.63, 3.8) is 0 Å². The Labute approximate surface area is 125 Å². The molecule has 0 radical (unpaired) electrons. The zero-order valence-corrected chi connectivity index (χ0v) is 13.0. The van der Waals surface area contributed by atoms with Crippen LogP contribution in [0.15, 0.2) is 23.1 Å². The lowest BCUT2D eigenvalue weighted by molar-refractivity contribution is -0.0186. The molecule has 2 unspecified atom stereocenters. The van der Waals surface area contributed by atoms with Gasteiger partial charge in [-0.2, -0.15) is 0 Å². The maximum Gasteiger partial charge on any atom is 0.263 e. The maximum absolute atomic E-state index is 12.3. The molecule has 1 aromatic rings. The number of aryl methyl sites for hydroxylation is 1. The van der Waals surface area contributed by atoms with Gasteiger partial charge in [-0.3, -0.25) is 9.59 Å². The topological polar surface area (TPSA) is 60.3 Å². The summed E-state index contributed by atoms with van der Waals surface area (Å²) in [5.74, 6) is 0.206. The Kier molecular flexibility index (Phi) is 5.17. The van der Waals surface area contributed by atoms with Crippen LogP contribution in [0.1, 0.15) is 43.5 Å².